The van der Waals surface area contributed by atoms with Crippen molar-refractivity contribution in [3.8, 4) is 0 Å². The van der Waals surface area contributed by atoms with Crippen LogP contribution in [0.15, 0.2) is 0 Å². The average Bonchev–Trinajstić information content (AvgIpc) is 2.01. The van der Waals surface area contributed by atoms with Gasteiger partial charge in [0.2, 0.25) is 0 Å². The van der Waals surface area contributed by atoms with Gasteiger partial charge in [-0.1, -0.05) is 0 Å². The van der Waals surface area contributed by atoms with E-state index in [1.165, 1.54) is 0 Å². The molecule has 1 heterocycles. The normalized spacial score (nSPS) is 32.2. The molecule has 0 aromatic heterocycles. The van der Waals surface area contributed by atoms with Gasteiger partial charge in [-0.15, -0.1) is 0 Å². The van der Waals surface area contributed by atoms with Gasteiger partial charge in [-0.25, -0.2) is 0 Å². The zero-order valence-corrected chi connectivity index (χ0v) is 7.30. The van der Waals surface area contributed by atoms with Crippen LogP contribution in [0.3, 0.4) is 0 Å². The fourth-order valence-electron chi connectivity index (χ4n) is 1.31. The monoisotopic (exact) mass is 159 g/mol. The van der Waals surface area contributed by atoms with Crippen LogP contribution < -0.4 is 5.48 Å². The lowest BCUT2D eigenvalue weighted by Crippen LogP contribution is -2.37. The lowest BCUT2D eigenvalue weighted by molar-refractivity contribution is -0.0428. The summed E-state index contributed by atoms with van der Waals surface area (Å²) >= 11 is 0. The summed E-state index contributed by atoms with van der Waals surface area (Å²) in [6.07, 6.45) is 2.49. The highest BCUT2D eigenvalue weighted by atomic mass is 16.6. The predicted octanol–water partition coefficient (Wildman–Crippen LogP) is 1.09. The third kappa shape index (κ3) is 3.18. The molecule has 1 aliphatic rings. The van der Waals surface area contributed by atoms with Gasteiger partial charge in [0.25, 0.3) is 0 Å². The fourth-order valence-corrected chi connectivity index (χ4v) is 1.31. The summed E-state index contributed by atoms with van der Waals surface area (Å²) in [4.78, 5) is 5.12. The number of hydrogen-bond acceptors (Lipinski definition) is 3. The molecule has 0 radical (unpaired) electrons. The number of rotatable bonds is 3. The van der Waals surface area contributed by atoms with Gasteiger partial charge < -0.3 is 9.57 Å². The van der Waals surface area contributed by atoms with Crippen LogP contribution in [0, 0.1) is 0 Å². The Bertz CT molecular complexity index is 108. The van der Waals surface area contributed by atoms with E-state index in [1.54, 1.807) is 0 Å². The van der Waals surface area contributed by atoms with Gasteiger partial charge in [0, 0.05) is 12.6 Å². The predicted molar refractivity (Wildman–Crippen MR) is 43.2 cm³/mol. The van der Waals surface area contributed by atoms with Crippen LogP contribution in [0.25, 0.3) is 0 Å². The van der Waals surface area contributed by atoms with E-state index in [0.717, 1.165) is 26.1 Å². The average molecular weight is 159 g/mol. The molecule has 1 aliphatic heterocycles. The summed E-state index contributed by atoms with van der Waals surface area (Å²) in [5.41, 5.74) is 3.02. The number of ether oxygens (including phenoxy) is 1. The molecule has 0 spiro atoms. The first-order valence-electron chi connectivity index (χ1n) is 4.32. The Morgan fingerprint density at radius 1 is 1.64 bits per heavy atom. The van der Waals surface area contributed by atoms with E-state index < -0.39 is 0 Å². The highest BCUT2D eigenvalue weighted by Gasteiger charge is 2.18. The lowest BCUT2D eigenvalue weighted by atomic mass is 10.1. The van der Waals surface area contributed by atoms with Gasteiger partial charge >= 0.3 is 0 Å². The first-order valence-corrected chi connectivity index (χ1v) is 4.32. The first-order chi connectivity index (χ1) is 5.33. The van der Waals surface area contributed by atoms with E-state index in [0.29, 0.717) is 12.1 Å². The molecule has 0 aliphatic carbocycles. The summed E-state index contributed by atoms with van der Waals surface area (Å²) < 4.78 is 5.39. The van der Waals surface area contributed by atoms with E-state index in [2.05, 4.69) is 12.4 Å². The lowest BCUT2D eigenvalue weighted by Gasteiger charge is -2.27. The Morgan fingerprint density at radius 3 is 3.09 bits per heavy atom. The SMILES string of the molecule is CCONC1CCOC(C)C1. The molecule has 3 heteroatoms. The minimum Gasteiger partial charge on any atom is -0.378 e. The van der Waals surface area contributed by atoms with Gasteiger partial charge in [-0.2, -0.15) is 5.48 Å². The van der Waals surface area contributed by atoms with E-state index in [9.17, 15) is 0 Å². The van der Waals surface area contributed by atoms with E-state index in [4.69, 9.17) is 9.57 Å². The Kier molecular flexibility index (Phi) is 3.83. The molecule has 0 bridgehead atoms. The van der Waals surface area contributed by atoms with E-state index in [-0.39, 0.29) is 0 Å². The molecule has 2 atom stereocenters. The molecule has 2 unspecified atom stereocenters. The van der Waals surface area contributed by atoms with Crippen molar-refractivity contribution in [1.82, 2.24) is 5.48 Å². The number of nitrogens with one attached hydrogen (secondary N) is 1. The fraction of sp³-hybridized carbons (Fsp3) is 1.00. The van der Waals surface area contributed by atoms with Crippen molar-refractivity contribution >= 4 is 0 Å². The first kappa shape index (κ1) is 8.97. The van der Waals surface area contributed by atoms with Gasteiger partial charge in [0.1, 0.15) is 0 Å². The molecule has 0 aromatic carbocycles. The molecule has 0 amide bonds. The Hall–Kier alpha value is -0.120. The van der Waals surface area contributed by atoms with Crippen LogP contribution in [0.4, 0.5) is 0 Å². The van der Waals surface area contributed by atoms with Gasteiger partial charge in [0.15, 0.2) is 0 Å². The summed E-state index contributed by atoms with van der Waals surface area (Å²) in [6.45, 7) is 5.66. The van der Waals surface area contributed by atoms with Gasteiger partial charge in [-0.05, 0) is 26.7 Å². The summed E-state index contributed by atoms with van der Waals surface area (Å²) in [5.74, 6) is 0. The molecule has 1 rings (SSSR count). The maximum absolute atomic E-state index is 5.39. The number of hydrogen-bond donors (Lipinski definition) is 1. The van der Waals surface area contributed by atoms with Crippen LogP contribution in [-0.4, -0.2) is 25.4 Å². The minimum absolute atomic E-state index is 0.377. The van der Waals surface area contributed by atoms with Crippen LogP contribution >= 0.6 is 0 Å². The van der Waals surface area contributed by atoms with E-state index in [1.807, 2.05) is 6.92 Å². The Labute approximate surface area is 68.0 Å². The third-order valence-corrected chi connectivity index (χ3v) is 1.88. The largest absolute Gasteiger partial charge is 0.378 e. The number of hydroxylamine groups is 1. The standard InChI is InChI=1S/C8H17NO2/c1-3-11-9-8-4-5-10-7(2)6-8/h7-9H,3-6H2,1-2H3. The van der Waals surface area contributed by atoms with Crippen molar-refractivity contribution in [2.45, 2.75) is 38.8 Å². The van der Waals surface area contributed by atoms with Gasteiger partial charge in [-0.3, -0.25) is 0 Å². The molecular formula is C8H17NO2. The Morgan fingerprint density at radius 2 is 2.45 bits per heavy atom. The van der Waals surface area contributed by atoms with Crippen molar-refractivity contribution in [2.75, 3.05) is 13.2 Å². The van der Waals surface area contributed by atoms with Crippen molar-refractivity contribution < 1.29 is 9.57 Å². The molecule has 3 nitrogen and oxygen atoms in total. The van der Waals surface area contributed by atoms with Gasteiger partial charge in [0.05, 0.1) is 12.7 Å². The molecule has 11 heavy (non-hydrogen) atoms. The zero-order valence-electron chi connectivity index (χ0n) is 7.30. The minimum atomic E-state index is 0.377. The van der Waals surface area contributed by atoms with Crippen LogP contribution in [0.1, 0.15) is 26.7 Å². The second kappa shape index (κ2) is 4.70. The summed E-state index contributed by atoms with van der Waals surface area (Å²) in [7, 11) is 0. The molecule has 0 saturated carbocycles. The Balaban J connectivity index is 2.12. The maximum Gasteiger partial charge on any atom is 0.0654 e. The van der Waals surface area contributed by atoms with Crippen molar-refractivity contribution in [2.24, 2.45) is 0 Å². The van der Waals surface area contributed by atoms with Crippen LogP contribution in [0.5, 0.6) is 0 Å². The van der Waals surface area contributed by atoms with E-state index >= 15 is 0 Å². The molecule has 0 aromatic rings. The maximum atomic E-state index is 5.39. The molecule has 1 saturated heterocycles. The van der Waals surface area contributed by atoms with Crippen molar-refractivity contribution in [3.05, 3.63) is 0 Å². The summed E-state index contributed by atoms with van der Waals surface area (Å²) in [6, 6.07) is 0.485. The molecular weight excluding hydrogens is 142 g/mol. The van der Waals surface area contributed by atoms with Crippen LogP contribution in [0.2, 0.25) is 0 Å². The zero-order chi connectivity index (χ0) is 8.10. The van der Waals surface area contributed by atoms with Crippen LogP contribution in [-0.2, 0) is 9.57 Å². The molecule has 1 fully saturated rings. The van der Waals surface area contributed by atoms with Crippen molar-refractivity contribution in [1.29, 1.82) is 0 Å². The highest BCUT2D eigenvalue weighted by molar-refractivity contribution is 4.71. The van der Waals surface area contributed by atoms with Crippen molar-refractivity contribution in [3.63, 3.8) is 0 Å². The topological polar surface area (TPSA) is 30.5 Å². The smallest absolute Gasteiger partial charge is 0.0654 e. The molecule has 66 valence electrons. The summed E-state index contributed by atoms with van der Waals surface area (Å²) in [5, 5.41) is 0. The molecule has 1 N–H and O–H groups in total. The quantitative estimate of drug-likeness (QED) is 0.625. The highest BCUT2D eigenvalue weighted by Crippen LogP contribution is 2.12. The third-order valence-electron chi connectivity index (χ3n) is 1.88. The second-order valence-corrected chi connectivity index (χ2v) is 2.95. The second-order valence-electron chi connectivity index (χ2n) is 2.95.